The zero-order chi connectivity index (χ0) is 25.4. The van der Waals surface area contributed by atoms with Crippen LogP contribution >= 0.6 is 0 Å². The third-order valence-electron chi connectivity index (χ3n) is 8.13. The van der Waals surface area contributed by atoms with Gasteiger partial charge in [-0.05, 0) is 74.0 Å². The fourth-order valence-corrected chi connectivity index (χ4v) is 5.43. The molecule has 2 saturated carbocycles. The minimum absolute atomic E-state index is 0.0526. The highest BCUT2D eigenvalue weighted by Crippen LogP contribution is 2.37. The van der Waals surface area contributed by atoms with Gasteiger partial charge in [0.25, 0.3) is 0 Å². The van der Waals surface area contributed by atoms with Crippen molar-refractivity contribution in [2.24, 2.45) is 17.8 Å². The molecule has 0 amide bonds. The molecule has 0 radical (unpaired) electrons. The van der Waals surface area contributed by atoms with E-state index in [0.717, 1.165) is 43.8 Å². The Morgan fingerprint density at radius 1 is 1.11 bits per heavy atom. The van der Waals surface area contributed by atoms with E-state index in [4.69, 9.17) is 9.72 Å². The Balaban J connectivity index is 1.65. The highest BCUT2D eigenvalue weighted by molar-refractivity contribution is 5.88. The summed E-state index contributed by atoms with van der Waals surface area (Å²) in [4.78, 5) is 30.1. The van der Waals surface area contributed by atoms with Gasteiger partial charge in [0.2, 0.25) is 11.7 Å². The first-order chi connectivity index (χ1) is 17.3. The summed E-state index contributed by atoms with van der Waals surface area (Å²) < 4.78 is 8.53. The summed E-state index contributed by atoms with van der Waals surface area (Å²) in [7, 11) is 0. The summed E-state index contributed by atoms with van der Waals surface area (Å²) in [5, 5.41) is 9.72. The zero-order valence-corrected chi connectivity index (χ0v) is 21.8. The van der Waals surface area contributed by atoms with Gasteiger partial charge in [-0.25, -0.2) is 14.8 Å². The van der Waals surface area contributed by atoms with E-state index in [9.17, 15) is 9.90 Å². The molecule has 36 heavy (non-hydrogen) atoms. The van der Waals surface area contributed by atoms with Crippen LogP contribution in [0.5, 0.6) is 5.88 Å². The molecular formula is C28H37N5O3. The number of carboxylic acid groups (broad SMARTS) is 1. The number of carbonyl (C=O) groups is 1. The van der Waals surface area contributed by atoms with Gasteiger partial charge in [-0.2, -0.15) is 4.98 Å². The number of imidazole rings is 1. The first-order valence-electron chi connectivity index (χ1n) is 13.4. The van der Waals surface area contributed by atoms with Crippen molar-refractivity contribution in [2.45, 2.75) is 91.2 Å². The predicted octanol–water partition coefficient (Wildman–Crippen LogP) is 6.10. The van der Waals surface area contributed by atoms with Gasteiger partial charge in [-0.15, -0.1) is 0 Å². The topological polar surface area (TPSA) is 103 Å². The summed E-state index contributed by atoms with van der Waals surface area (Å²) in [6.07, 6.45) is 9.97. The highest BCUT2D eigenvalue weighted by atomic mass is 16.5. The van der Waals surface area contributed by atoms with E-state index < -0.39 is 5.97 Å². The number of carboxylic acids is 1. The number of hydrogen-bond donors (Lipinski definition) is 1. The van der Waals surface area contributed by atoms with Crippen molar-refractivity contribution in [3.8, 4) is 17.4 Å². The molecule has 1 N–H and O–H groups in total. The smallest absolute Gasteiger partial charge is 0.374 e. The number of aromatic carboxylic acids is 1. The molecule has 0 spiro atoms. The first kappa shape index (κ1) is 24.7. The standard InChI is InChI=1S/C28H37N5O3/c1-16(2)21-12-13-29-22(14-21)26-31-24-23(33(26)15-19-10-8-17(3)9-11-19)27(32-25(30-24)28(34)35)36-18(4)20-6-5-7-20/h12-14,16-20H,5-11,15H2,1-4H3,(H,34,35)/t17-,18?,19-. The average molecular weight is 492 g/mol. The van der Waals surface area contributed by atoms with E-state index >= 15 is 0 Å². The highest BCUT2D eigenvalue weighted by Gasteiger charge is 2.30. The second-order valence-electron chi connectivity index (χ2n) is 11.1. The molecule has 0 aromatic carbocycles. The third kappa shape index (κ3) is 4.95. The largest absolute Gasteiger partial charge is 0.475 e. The van der Waals surface area contributed by atoms with Crippen LogP contribution in [-0.2, 0) is 6.54 Å². The Labute approximate surface area is 212 Å². The molecule has 3 aromatic heterocycles. The second kappa shape index (κ2) is 10.1. The van der Waals surface area contributed by atoms with E-state index in [0.29, 0.717) is 40.6 Å². The molecule has 2 aliphatic rings. The third-order valence-corrected chi connectivity index (χ3v) is 8.13. The lowest BCUT2D eigenvalue weighted by atomic mass is 9.82. The van der Waals surface area contributed by atoms with Crippen LogP contribution in [0, 0.1) is 17.8 Å². The molecule has 8 heteroatoms. The Morgan fingerprint density at radius 2 is 1.86 bits per heavy atom. The molecule has 2 fully saturated rings. The minimum atomic E-state index is -1.18. The quantitative estimate of drug-likeness (QED) is 0.406. The van der Waals surface area contributed by atoms with Crippen LogP contribution in [0.15, 0.2) is 18.3 Å². The van der Waals surface area contributed by atoms with Crippen LogP contribution in [0.2, 0.25) is 0 Å². The van der Waals surface area contributed by atoms with Gasteiger partial charge in [-0.3, -0.25) is 4.98 Å². The zero-order valence-electron chi connectivity index (χ0n) is 21.8. The maximum absolute atomic E-state index is 11.9. The number of nitrogens with zero attached hydrogens (tertiary/aromatic N) is 5. The molecule has 1 atom stereocenters. The monoisotopic (exact) mass is 491 g/mol. The van der Waals surface area contributed by atoms with Gasteiger partial charge in [0.05, 0.1) is 0 Å². The maximum Gasteiger partial charge on any atom is 0.374 e. The van der Waals surface area contributed by atoms with E-state index in [2.05, 4.69) is 53.3 Å². The van der Waals surface area contributed by atoms with Crippen molar-refractivity contribution in [3.05, 3.63) is 29.7 Å². The molecule has 192 valence electrons. The molecule has 8 nitrogen and oxygen atoms in total. The molecule has 3 aromatic rings. The summed E-state index contributed by atoms with van der Waals surface area (Å²) >= 11 is 0. The lowest BCUT2D eigenvalue weighted by Crippen LogP contribution is -2.30. The van der Waals surface area contributed by atoms with E-state index in [1.54, 1.807) is 0 Å². The number of aromatic nitrogens is 5. The Kier molecular flexibility index (Phi) is 6.95. The Morgan fingerprint density at radius 3 is 2.50 bits per heavy atom. The number of ether oxygens (including phenoxy) is 1. The van der Waals surface area contributed by atoms with Gasteiger partial charge in [0.15, 0.2) is 17.0 Å². The van der Waals surface area contributed by atoms with E-state index in [-0.39, 0.29) is 11.9 Å². The van der Waals surface area contributed by atoms with Gasteiger partial charge in [0.1, 0.15) is 11.8 Å². The number of pyridine rings is 1. The van der Waals surface area contributed by atoms with Crippen molar-refractivity contribution in [1.29, 1.82) is 0 Å². The minimum Gasteiger partial charge on any atom is -0.475 e. The fraction of sp³-hybridized carbons (Fsp3) is 0.607. The van der Waals surface area contributed by atoms with Crippen LogP contribution in [0.4, 0.5) is 0 Å². The van der Waals surface area contributed by atoms with E-state index in [1.807, 2.05) is 12.3 Å². The molecule has 3 heterocycles. The van der Waals surface area contributed by atoms with Gasteiger partial charge in [-0.1, -0.05) is 40.0 Å². The Bertz CT molecular complexity index is 1240. The van der Waals surface area contributed by atoms with E-state index in [1.165, 1.54) is 24.8 Å². The van der Waals surface area contributed by atoms with Crippen LogP contribution in [0.25, 0.3) is 22.7 Å². The molecule has 2 aliphatic carbocycles. The first-order valence-corrected chi connectivity index (χ1v) is 13.4. The molecular weight excluding hydrogens is 454 g/mol. The fourth-order valence-electron chi connectivity index (χ4n) is 5.43. The summed E-state index contributed by atoms with van der Waals surface area (Å²) in [5.41, 5.74) is 2.97. The van der Waals surface area contributed by atoms with Crippen LogP contribution < -0.4 is 4.74 Å². The lowest BCUT2D eigenvalue weighted by molar-refractivity contribution is 0.0676. The number of rotatable bonds is 8. The van der Waals surface area contributed by atoms with Crippen LogP contribution in [-0.4, -0.2) is 41.7 Å². The lowest BCUT2D eigenvalue weighted by Gasteiger charge is -2.31. The average Bonchev–Trinajstić information content (AvgIpc) is 3.18. The van der Waals surface area contributed by atoms with Crippen LogP contribution in [0.1, 0.15) is 94.7 Å². The van der Waals surface area contributed by atoms with Gasteiger partial charge < -0.3 is 14.4 Å². The SMILES string of the molecule is CC(C)c1ccnc(-c2nc3nc(C(=O)O)nc(OC(C)C4CCC4)c3n2C[C@H]2CC[C@H](C)CC2)c1. The van der Waals surface area contributed by atoms with Crippen molar-refractivity contribution >= 4 is 17.1 Å². The number of fused-ring (bicyclic) bond motifs is 1. The normalized spacial score (nSPS) is 21.5. The Hall–Kier alpha value is -3.03. The van der Waals surface area contributed by atoms with Gasteiger partial charge in [0, 0.05) is 12.7 Å². The molecule has 0 bridgehead atoms. The summed E-state index contributed by atoms with van der Waals surface area (Å²) in [5.74, 6) is 1.62. The molecule has 0 aliphatic heterocycles. The van der Waals surface area contributed by atoms with Crippen molar-refractivity contribution in [1.82, 2.24) is 24.5 Å². The maximum atomic E-state index is 11.9. The summed E-state index contributed by atoms with van der Waals surface area (Å²) in [6, 6.07) is 4.11. The van der Waals surface area contributed by atoms with Crippen molar-refractivity contribution in [3.63, 3.8) is 0 Å². The predicted molar refractivity (Wildman–Crippen MR) is 138 cm³/mol. The summed E-state index contributed by atoms with van der Waals surface area (Å²) in [6.45, 7) is 9.45. The molecule has 5 rings (SSSR count). The molecule has 1 unspecified atom stereocenters. The number of hydrogen-bond acceptors (Lipinski definition) is 6. The second-order valence-corrected chi connectivity index (χ2v) is 11.1. The van der Waals surface area contributed by atoms with Crippen LogP contribution in [0.3, 0.4) is 0 Å². The van der Waals surface area contributed by atoms with Gasteiger partial charge >= 0.3 is 5.97 Å². The van der Waals surface area contributed by atoms with Crippen molar-refractivity contribution in [2.75, 3.05) is 0 Å². The van der Waals surface area contributed by atoms with Crippen molar-refractivity contribution < 1.29 is 14.6 Å². The molecule has 0 saturated heterocycles.